The highest BCUT2D eigenvalue weighted by Crippen LogP contribution is 2.03. The van der Waals surface area contributed by atoms with Crippen LogP contribution < -0.4 is 0 Å². The maximum atomic E-state index is 13.0. The largest absolute Gasteiger partial charge is 0.375 e. The van der Waals surface area contributed by atoms with Crippen molar-refractivity contribution in [1.82, 2.24) is 0 Å². The Morgan fingerprint density at radius 2 is 2.07 bits per heavy atom. The Labute approximate surface area is 89.9 Å². The first-order chi connectivity index (χ1) is 7.33. The van der Waals surface area contributed by atoms with E-state index in [0.29, 0.717) is 6.61 Å². The minimum Gasteiger partial charge on any atom is -0.375 e. The molecule has 0 amide bonds. The molecule has 0 atom stereocenters. The van der Waals surface area contributed by atoms with Gasteiger partial charge in [0, 0.05) is 6.61 Å². The van der Waals surface area contributed by atoms with Crippen LogP contribution in [0.3, 0.4) is 0 Å². The predicted octanol–water partition coefficient (Wildman–Crippen LogP) is 3.59. The summed E-state index contributed by atoms with van der Waals surface area (Å²) in [5, 5.41) is 0. The molecule has 0 N–H and O–H groups in total. The van der Waals surface area contributed by atoms with Crippen LogP contribution in [0.4, 0.5) is 4.39 Å². The maximum Gasteiger partial charge on any atom is 0.126 e. The standard InChI is InChI=1S/C13H15FO/c1-2-15-11-13(14)10-6-9-12-7-4-3-5-8-12/h3-10H,2,11H2,1H3/b9-6+,13-10-. The van der Waals surface area contributed by atoms with Crippen molar-refractivity contribution < 1.29 is 9.13 Å². The molecular weight excluding hydrogens is 191 g/mol. The summed E-state index contributed by atoms with van der Waals surface area (Å²) in [4.78, 5) is 0. The van der Waals surface area contributed by atoms with Gasteiger partial charge in [-0.05, 0) is 18.6 Å². The van der Waals surface area contributed by atoms with Crippen molar-refractivity contribution in [2.45, 2.75) is 6.92 Å². The average Bonchev–Trinajstić information content (AvgIpc) is 2.28. The third-order valence-corrected chi connectivity index (χ3v) is 1.81. The molecule has 1 aromatic rings. The van der Waals surface area contributed by atoms with Crippen molar-refractivity contribution in [2.75, 3.05) is 13.2 Å². The number of benzene rings is 1. The van der Waals surface area contributed by atoms with Crippen LogP contribution in [0.2, 0.25) is 0 Å². The van der Waals surface area contributed by atoms with Gasteiger partial charge in [0.05, 0.1) is 6.61 Å². The van der Waals surface area contributed by atoms with Crippen LogP contribution in [-0.2, 0) is 4.74 Å². The van der Waals surface area contributed by atoms with Crippen LogP contribution in [0.1, 0.15) is 12.5 Å². The van der Waals surface area contributed by atoms with Crippen molar-refractivity contribution in [3.63, 3.8) is 0 Å². The van der Waals surface area contributed by atoms with E-state index in [1.165, 1.54) is 6.08 Å². The number of ether oxygens (including phenoxy) is 1. The van der Waals surface area contributed by atoms with Crippen molar-refractivity contribution in [2.24, 2.45) is 0 Å². The Kier molecular flexibility index (Phi) is 5.41. The van der Waals surface area contributed by atoms with E-state index in [4.69, 9.17) is 4.74 Å². The molecular formula is C13H15FO. The van der Waals surface area contributed by atoms with Gasteiger partial charge >= 0.3 is 0 Å². The van der Waals surface area contributed by atoms with Gasteiger partial charge in [0.2, 0.25) is 0 Å². The molecule has 0 aliphatic rings. The van der Waals surface area contributed by atoms with E-state index in [0.717, 1.165) is 5.56 Å². The minimum atomic E-state index is -0.260. The van der Waals surface area contributed by atoms with Crippen molar-refractivity contribution >= 4 is 6.08 Å². The fourth-order valence-corrected chi connectivity index (χ4v) is 1.08. The lowest BCUT2D eigenvalue weighted by Gasteiger charge is -1.95. The van der Waals surface area contributed by atoms with Crippen LogP contribution in [0.15, 0.2) is 48.3 Å². The molecule has 0 bridgehead atoms. The Hall–Kier alpha value is -1.41. The summed E-state index contributed by atoms with van der Waals surface area (Å²) in [6, 6.07) is 9.76. The van der Waals surface area contributed by atoms with E-state index < -0.39 is 0 Å². The topological polar surface area (TPSA) is 9.23 Å². The summed E-state index contributed by atoms with van der Waals surface area (Å²) in [7, 11) is 0. The van der Waals surface area contributed by atoms with E-state index in [2.05, 4.69) is 0 Å². The van der Waals surface area contributed by atoms with Gasteiger partial charge in [0.15, 0.2) is 0 Å². The highest BCUT2D eigenvalue weighted by molar-refractivity contribution is 5.50. The third-order valence-electron chi connectivity index (χ3n) is 1.81. The van der Waals surface area contributed by atoms with Crippen LogP contribution >= 0.6 is 0 Å². The van der Waals surface area contributed by atoms with Crippen molar-refractivity contribution in [3.05, 3.63) is 53.9 Å². The number of halogens is 1. The summed E-state index contributed by atoms with van der Waals surface area (Å²) in [6.07, 6.45) is 4.96. The lowest BCUT2D eigenvalue weighted by molar-refractivity contribution is 0.156. The Morgan fingerprint density at radius 3 is 2.73 bits per heavy atom. The second kappa shape index (κ2) is 6.96. The summed E-state index contributed by atoms with van der Waals surface area (Å²) >= 11 is 0. The first kappa shape index (κ1) is 11.7. The lowest BCUT2D eigenvalue weighted by Crippen LogP contribution is -1.92. The molecule has 80 valence electrons. The zero-order valence-corrected chi connectivity index (χ0v) is 8.82. The average molecular weight is 206 g/mol. The van der Waals surface area contributed by atoms with Gasteiger partial charge in [0.1, 0.15) is 5.83 Å². The number of rotatable bonds is 5. The molecule has 0 aromatic heterocycles. The minimum absolute atomic E-state index is 0.0512. The van der Waals surface area contributed by atoms with Gasteiger partial charge in [-0.1, -0.05) is 42.5 Å². The molecule has 0 radical (unpaired) electrons. The summed E-state index contributed by atoms with van der Waals surface area (Å²) < 4.78 is 17.9. The molecule has 1 rings (SSSR count). The van der Waals surface area contributed by atoms with Crippen LogP contribution in [0, 0.1) is 0 Å². The molecule has 0 saturated heterocycles. The van der Waals surface area contributed by atoms with Gasteiger partial charge < -0.3 is 4.74 Å². The first-order valence-corrected chi connectivity index (χ1v) is 4.98. The molecule has 0 heterocycles. The monoisotopic (exact) mass is 206 g/mol. The molecule has 1 nitrogen and oxygen atoms in total. The lowest BCUT2D eigenvalue weighted by atomic mass is 10.2. The molecule has 0 fully saturated rings. The molecule has 0 aliphatic carbocycles. The molecule has 0 spiro atoms. The molecule has 0 saturated carbocycles. The fourth-order valence-electron chi connectivity index (χ4n) is 1.08. The molecule has 0 aliphatic heterocycles. The van der Waals surface area contributed by atoms with Gasteiger partial charge in [-0.2, -0.15) is 0 Å². The summed E-state index contributed by atoms with van der Waals surface area (Å²) in [5.41, 5.74) is 1.05. The molecule has 15 heavy (non-hydrogen) atoms. The summed E-state index contributed by atoms with van der Waals surface area (Å²) in [6.45, 7) is 2.42. The Morgan fingerprint density at radius 1 is 1.33 bits per heavy atom. The number of hydrogen-bond donors (Lipinski definition) is 0. The zero-order chi connectivity index (χ0) is 10.9. The molecule has 0 unspecified atom stereocenters. The second-order valence-corrected chi connectivity index (χ2v) is 3.02. The zero-order valence-electron chi connectivity index (χ0n) is 8.82. The highest BCUT2D eigenvalue weighted by atomic mass is 19.1. The highest BCUT2D eigenvalue weighted by Gasteiger charge is 1.90. The Bertz CT molecular complexity index is 328. The number of allylic oxidation sites excluding steroid dienone is 2. The maximum absolute atomic E-state index is 13.0. The van der Waals surface area contributed by atoms with E-state index in [9.17, 15) is 4.39 Å². The third kappa shape index (κ3) is 5.13. The SMILES string of the molecule is CCOC/C(F)=C/C=C/c1ccccc1. The van der Waals surface area contributed by atoms with Crippen LogP contribution in [0.25, 0.3) is 6.08 Å². The van der Waals surface area contributed by atoms with Gasteiger partial charge in [-0.3, -0.25) is 0 Å². The van der Waals surface area contributed by atoms with E-state index >= 15 is 0 Å². The Balaban J connectivity index is 2.45. The second-order valence-electron chi connectivity index (χ2n) is 3.02. The van der Waals surface area contributed by atoms with Crippen molar-refractivity contribution in [1.29, 1.82) is 0 Å². The first-order valence-electron chi connectivity index (χ1n) is 4.98. The smallest absolute Gasteiger partial charge is 0.126 e. The van der Waals surface area contributed by atoms with Crippen molar-refractivity contribution in [3.8, 4) is 0 Å². The molecule has 1 aromatic carbocycles. The van der Waals surface area contributed by atoms with E-state index in [1.807, 2.05) is 43.3 Å². The van der Waals surface area contributed by atoms with Crippen LogP contribution in [0.5, 0.6) is 0 Å². The predicted molar refractivity (Wildman–Crippen MR) is 61.2 cm³/mol. The quantitative estimate of drug-likeness (QED) is 0.669. The summed E-state index contributed by atoms with van der Waals surface area (Å²) in [5.74, 6) is -0.260. The van der Waals surface area contributed by atoms with E-state index in [1.54, 1.807) is 6.08 Å². The molecule has 2 heteroatoms. The van der Waals surface area contributed by atoms with Gasteiger partial charge in [0.25, 0.3) is 0 Å². The normalized spacial score (nSPS) is 12.3. The van der Waals surface area contributed by atoms with Gasteiger partial charge in [-0.25, -0.2) is 4.39 Å². The van der Waals surface area contributed by atoms with Gasteiger partial charge in [-0.15, -0.1) is 0 Å². The fraction of sp³-hybridized carbons (Fsp3) is 0.231. The number of hydrogen-bond acceptors (Lipinski definition) is 1. The van der Waals surface area contributed by atoms with E-state index in [-0.39, 0.29) is 12.4 Å². The van der Waals surface area contributed by atoms with Crippen LogP contribution in [-0.4, -0.2) is 13.2 Å².